The second-order valence-corrected chi connectivity index (χ2v) is 4.20. The zero-order chi connectivity index (χ0) is 11.5. The summed E-state index contributed by atoms with van der Waals surface area (Å²) in [5.74, 6) is -0.230. The third-order valence-electron chi connectivity index (χ3n) is 2.95. The highest BCUT2D eigenvalue weighted by Crippen LogP contribution is 2.32. The number of hydrogen-bond donors (Lipinski definition) is 2. The first kappa shape index (κ1) is 11.0. The van der Waals surface area contributed by atoms with E-state index in [9.17, 15) is 4.79 Å². The van der Waals surface area contributed by atoms with Gasteiger partial charge in [-0.3, -0.25) is 0 Å². The Morgan fingerprint density at radius 2 is 2.44 bits per heavy atom. The summed E-state index contributed by atoms with van der Waals surface area (Å²) in [6.07, 6.45) is 5.26. The number of carbonyl (C=O) groups is 1. The van der Waals surface area contributed by atoms with Crippen molar-refractivity contribution in [3.05, 3.63) is 23.8 Å². The molecule has 5 heteroatoms. The lowest BCUT2D eigenvalue weighted by atomic mass is 10.2. The van der Waals surface area contributed by atoms with E-state index < -0.39 is 5.97 Å². The molecule has 1 aromatic rings. The van der Waals surface area contributed by atoms with Crippen molar-refractivity contribution in [1.29, 1.82) is 0 Å². The molecule has 2 N–H and O–H groups in total. The molecule has 16 heavy (non-hydrogen) atoms. The summed E-state index contributed by atoms with van der Waals surface area (Å²) < 4.78 is 0. The maximum Gasteiger partial charge on any atom is 0.339 e. The molecule has 1 fully saturated rings. The monoisotopic (exact) mass is 221 g/mol. The van der Waals surface area contributed by atoms with E-state index in [1.54, 1.807) is 0 Å². The number of carboxylic acids is 1. The van der Waals surface area contributed by atoms with Gasteiger partial charge >= 0.3 is 5.97 Å². The minimum Gasteiger partial charge on any atom is -0.478 e. The summed E-state index contributed by atoms with van der Waals surface area (Å²) in [6, 6.07) is 0.427. The Labute approximate surface area is 93.9 Å². The largest absolute Gasteiger partial charge is 0.478 e. The van der Waals surface area contributed by atoms with E-state index in [0.717, 1.165) is 5.92 Å². The van der Waals surface area contributed by atoms with Crippen LogP contribution in [-0.2, 0) is 6.54 Å². The molecule has 1 saturated carbocycles. The molecule has 0 radical (unpaired) electrons. The van der Waals surface area contributed by atoms with Crippen LogP contribution in [0.2, 0.25) is 0 Å². The first-order chi connectivity index (χ1) is 7.68. The lowest BCUT2D eigenvalue weighted by Gasteiger charge is -2.12. The van der Waals surface area contributed by atoms with Crippen LogP contribution in [0.1, 0.15) is 35.8 Å². The molecular weight excluding hydrogens is 206 g/mol. The van der Waals surface area contributed by atoms with Gasteiger partial charge in [-0.15, -0.1) is 0 Å². The lowest BCUT2D eigenvalue weighted by Crippen LogP contribution is -2.28. The van der Waals surface area contributed by atoms with Crippen LogP contribution in [0.4, 0.5) is 0 Å². The predicted molar refractivity (Wildman–Crippen MR) is 58.0 cm³/mol. The average Bonchev–Trinajstić information content (AvgIpc) is 3.10. The van der Waals surface area contributed by atoms with Crippen LogP contribution in [0.25, 0.3) is 0 Å². The van der Waals surface area contributed by atoms with E-state index in [0.29, 0.717) is 18.3 Å². The zero-order valence-electron chi connectivity index (χ0n) is 9.18. The summed E-state index contributed by atoms with van der Waals surface area (Å²) in [5, 5.41) is 12.2. The summed E-state index contributed by atoms with van der Waals surface area (Å²) in [6.45, 7) is 2.61. The van der Waals surface area contributed by atoms with Crippen molar-refractivity contribution in [2.75, 3.05) is 0 Å². The quantitative estimate of drug-likeness (QED) is 0.777. The number of aromatic nitrogens is 2. The Bertz CT molecular complexity index is 391. The molecule has 1 aromatic heterocycles. The standard InChI is InChI=1S/C11H15N3O2/c1-7(8-2-3-8)13-5-10-9(11(15)16)4-12-6-14-10/h4,6-8,13H,2-3,5H2,1H3,(H,15,16). The topological polar surface area (TPSA) is 75.1 Å². The summed E-state index contributed by atoms with van der Waals surface area (Å²) in [7, 11) is 0. The fraction of sp³-hybridized carbons (Fsp3) is 0.545. The Hall–Kier alpha value is -1.49. The van der Waals surface area contributed by atoms with Crippen LogP contribution in [0, 0.1) is 5.92 Å². The van der Waals surface area contributed by atoms with Gasteiger partial charge in [0.15, 0.2) is 0 Å². The predicted octanol–water partition coefficient (Wildman–Crippen LogP) is 1.06. The molecular formula is C11H15N3O2. The molecule has 0 saturated heterocycles. The summed E-state index contributed by atoms with van der Waals surface area (Å²) in [4.78, 5) is 18.6. The Morgan fingerprint density at radius 3 is 3.06 bits per heavy atom. The van der Waals surface area contributed by atoms with E-state index in [-0.39, 0.29) is 5.56 Å². The molecule has 0 bridgehead atoms. The average molecular weight is 221 g/mol. The SMILES string of the molecule is CC(NCc1ncncc1C(=O)O)C1CC1. The maximum atomic E-state index is 10.9. The molecule has 1 aliphatic carbocycles. The highest BCUT2D eigenvalue weighted by Gasteiger charge is 2.27. The molecule has 1 aliphatic rings. The number of carboxylic acid groups (broad SMARTS) is 1. The molecule has 0 amide bonds. The highest BCUT2D eigenvalue weighted by molar-refractivity contribution is 5.88. The third-order valence-corrected chi connectivity index (χ3v) is 2.95. The Morgan fingerprint density at radius 1 is 1.69 bits per heavy atom. The maximum absolute atomic E-state index is 10.9. The van der Waals surface area contributed by atoms with Gasteiger partial charge in [0.05, 0.1) is 5.69 Å². The molecule has 0 spiro atoms. The molecule has 1 unspecified atom stereocenters. The van der Waals surface area contributed by atoms with E-state index in [2.05, 4.69) is 22.2 Å². The van der Waals surface area contributed by atoms with Gasteiger partial charge in [-0.2, -0.15) is 0 Å². The smallest absolute Gasteiger partial charge is 0.339 e. The van der Waals surface area contributed by atoms with Crippen molar-refractivity contribution >= 4 is 5.97 Å². The van der Waals surface area contributed by atoms with Gasteiger partial charge in [-0.05, 0) is 25.7 Å². The van der Waals surface area contributed by atoms with E-state index in [1.807, 2.05) is 0 Å². The molecule has 0 aromatic carbocycles. The Kier molecular flexibility index (Phi) is 3.14. The minimum atomic E-state index is -0.975. The Balaban J connectivity index is 1.99. The highest BCUT2D eigenvalue weighted by atomic mass is 16.4. The van der Waals surface area contributed by atoms with E-state index >= 15 is 0 Å². The second kappa shape index (κ2) is 4.57. The fourth-order valence-corrected chi connectivity index (χ4v) is 1.70. The fourth-order valence-electron chi connectivity index (χ4n) is 1.70. The van der Waals surface area contributed by atoms with Gasteiger partial charge < -0.3 is 10.4 Å². The number of hydrogen-bond acceptors (Lipinski definition) is 4. The molecule has 86 valence electrons. The third kappa shape index (κ3) is 2.55. The van der Waals surface area contributed by atoms with Crippen LogP contribution < -0.4 is 5.32 Å². The molecule has 5 nitrogen and oxygen atoms in total. The van der Waals surface area contributed by atoms with E-state index in [1.165, 1.54) is 25.4 Å². The van der Waals surface area contributed by atoms with Gasteiger partial charge in [0.25, 0.3) is 0 Å². The molecule has 2 rings (SSSR count). The molecule has 1 atom stereocenters. The molecule has 0 aliphatic heterocycles. The van der Waals surface area contributed by atoms with Gasteiger partial charge in [-0.1, -0.05) is 0 Å². The van der Waals surface area contributed by atoms with Crippen molar-refractivity contribution in [3.8, 4) is 0 Å². The van der Waals surface area contributed by atoms with Gasteiger partial charge in [0.1, 0.15) is 11.9 Å². The van der Waals surface area contributed by atoms with Crippen LogP contribution in [0.15, 0.2) is 12.5 Å². The lowest BCUT2D eigenvalue weighted by molar-refractivity contribution is 0.0694. The minimum absolute atomic E-state index is 0.179. The van der Waals surface area contributed by atoms with Gasteiger partial charge in [0, 0.05) is 18.8 Å². The summed E-state index contributed by atoms with van der Waals surface area (Å²) in [5.41, 5.74) is 0.730. The van der Waals surface area contributed by atoms with Crippen LogP contribution in [0.5, 0.6) is 0 Å². The van der Waals surface area contributed by atoms with Crippen LogP contribution >= 0.6 is 0 Å². The number of rotatable bonds is 5. The molecule has 1 heterocycles. The van der Waals surface area contributed by atoms with Gasteiger partial charge in [0.2, 0.25) is 0 Å². The van der Waals surface area contributed by atoms with Crippen molar-refractivity contribution in [3.63, 3.8) is 0 Å². The van der Waals surface area contributed by atoms with E-state index in [4.69, 9.17) is 5.11 Å². The van der Waals surface area contributed by atoms with Gasteiger partial charge in [-0.25, -0.2) is 14.8 Å². The first-order valence-corrected chi connectivity index (χ1v) is 5.44. The van der Waals surface area contributed by atoms with Crippen molar-refractivity contribution in [2.24, 2.45) is 5.92 Å². The summed E-state index contributed by atoms with van der Waals surface area (Å²) >= 11 is 0. The zero-order valence-corrected chi connectivity index (χ0v) is 9.18. The van der Waals surface area contributed by atoms with Crippen molar-refractivity contribution in [1.82, 2.24) is 15.3 Å². The van der Waals surface area contributed by atoms with Crippen molar-refractivity contribution in [2.45, 2.75) is 32.4 Å². The normalized spacial score (nSPS) is 17.1. The van der Waals surface area contributed by atoms with Crippen LogP contribution in [-0.4, -0.2) is 27.1 Å². The number of aromatic carboxylic acids is 1. The van der Waals surface area contributed by atoms with Crippen LogP contribution in [0.3, 0.4) is 0 Å². The first-order valence-electron chi connectivity index (χ1n) is 5.44. The number of nitrogens with zero attached hydrogens (tertiary/aromatic N) is 2. The second-order valence-electron chi connectivity index (χ2n) is 4.20. The number of nitrogens with one attached hydrogen (secondary N) is 1. The van der Waals surface area contributed by atoms with Crippen molar-refractivity contribution < 1.29 is 9.90 Å².